The quantitative estimate of drug-likeness (QED) is 0.907. The molecular weight excluding hydrogens is 272 g/mol. The van der Waals surface area contributed by atoms with Crippen LogP contribution in [0.2, 0.25) is 5.02 Å². The van der Waals surface area contributed by atoms with Crippen LogP contribution in [0.15, 0.2) is 42.5 Å². The number of hydrogen-bond donors (Lipinski definition) is 1. The minimum atomic E-state index is 0.474. The van der Waals surface area contributed by atoms with Gasteiger partial charge in [0.25, 0.3) is 0 Å². The summed E-state index contributed by atoms with van der Waals surface area (Å²) in [6.07, 6.45) is 0.904. The van der Waals surface area contributed by atoms with Gasteiger partial charge in [0.1, 0.15) is 11.8 Å². The van der Waals surface area contributed by atoms with Gasteiger partial charge in [-0.1, -0.05) is 23.7 Å². The second kappa shape index (κ2) is 6.83. The summed E-state index contributed by atoms with van der Waals surface area (Å²) < 4.78 is 5.12. The summed E-state index contributed by atoms with van der Waals surface area (Å²) in [7, 11) is 1.66. The lowest BCUT2D eigenvalue weighted by Gasteiger charge is -2.08. The van der Waals surface area contributed by atoms with Crippen molar-refractivity contribution in [2.75, 3.05) is 19.0 Å². The van der Waals surface area contributed by atoms with Crippen LogP contribution in [-0.2, 0) is 6.42 Å². The smallest absolute Gasteiger partial charge is 0.118 e. The number of nitriles is 1. The van der Waals surface area contributed by atoms with Crippen LogP contribution in [0.3, 0.4) is 0 Å². The summed E-state index contributed by atoms with van der Waals surface area (Å²) in [5.41, 5.74) is 2.65. The summed E-state index contributed by atoms with van der Waals surface area (Å²) in [6.45, 7) is 0.800. The van der Waals surface area contributed by atoms with E-state index >= 15 is 0 Å². The van der Waals surface area contributed by atoms with E-state index in [1.54, 1.807) is 19.2 Å². The van der Waals surface area contributed by atoms with Gasteiger partial charge in [0.15, 0.2) is 0 Å². The highest BCUT2D eigenvalue weighted by Gasteiger charge is 2.01. The molecule has 4 heteroatoms. The van der Waals surface area contributed by atoms with Crippen molar-refractivity contribution in [1.29, 1.82) is 5.26 Å². The summed E-state index contributed by atoms with van der Waals surface area (Å²) in [5, 5.41) is 12.6. The largest absolute Gasteiger partial charge is 0.497 e. The standard InChI is InChI=1S/C16H15ClN2O/c1-20-15-6-2-12(3-7-15)8-9-19-14-5-4-13(11-18)16(17)10-14/h2-7,10,19H,8-9H2,1H3. The zero-order valence-electron chi connectivity index (χ0n) is 11.2. The third-order valence-electron chi connectivity index (χ3n) is 2.99. The van der Waals surface area contributed by atoms with Crippen molar-refractivity contribution in [1.82, 2.24) is 0 Å². The molecular formula is C16H15ClN2O. The molecule has 0 aliphatic rings. The van der Waals surface area contributed by atoms with Gasteiger partial charge in [0, 0.05) is 12.2 Å². The van der Waals surface area contributed by atoms with Gasteiger partial charge in [-0.15, -0.1) is 0 Å². The van der Waals surface area contributed by atoms with Crippen LogP contribution in [0, 0.1) is 11.3 Å². The molecule has 0 heterocycles. The molecule has 0 aliphatic carbocycles. The predicted octanol–water partition coefficient (Wildman–Crippen LogP) is 3.87. The van der Waals surface area contributed by atoms with Crippen LogP contribution in [0.25, 0.3) is 0 Å². The molecule has 0 saturated carbocycles. The van der Waals surface area contributed by atoms with Gasteiger partial charge in [-0.2, -0.15) is 5.26 Å². The molecule has 0 aromatic heterocycles. The second-order valence-electron chi connectivity index (χ2n) is 4.33. The van der Waals surface area contributed by atoms with Crippen molar-refractivity contribution in [3.63, 3.8) is 0 Å². The SMILES string of the molecule is COc1ccc(CCNc2ccc(C#N)c(Cl)c2)cc1. The van der Waals surface area contributed by atoms with E-state index < -0.39 is 0 Å². The number of nitrogens with zero attached hydrogens (tertiary/aromatic N) is 1. The average molecular weight is 287 g/mol. The maximum Gasteiger partial charge on any atom is 0.118 e. The number of rotatable bonds is 5. The molecule has 102 valence electrons. The van der Waals surface area contributed by atoms with E-state index in [2.05, 4.69) is 5.32 Å². The van der Waals surface area contributed by atoms with Crippen LogP contribution < -0.4 is 10.1 Å². The lowest BCUT2D eigenvalue weighted by atomic mass is 10.1. The summed E-state index contributed by atoms with van der Waals surface area (Å²) in [6, 6.07) is 15.4. The maximum absolute atomic E-state index is 8.81. The highest BCUT2D eigenvalue weighted by molar-refractivity contribution is 6.32. The van der Waals surface area contributed by atoms with Crippen LogP contribution in [0.4, 0.5) is 5.69 Å². The van der Waals surface area contributed by atoms with E-state index in [9.17, 15) is 0 Å². The lowest BCUT2D eigenvalue weighted by molar-refractivity contribution is 0.414. The summed E-state index contributed by atoms with van der Waals surface area (Å²) in [4.78, 5) is 0. The van der Waals surface area contributed by atoms with Crippen molar-refractivity contribution in [3.8, 4) is 11.8 Å². The third kappa shape index (κ3) is 3.66. The predicted molar refractivity (Wildman–Crippen MR) is 81.4 cm³/mol. The fraction of sp³-hybridized carbons (Fsp3) is 0.188. The molecule has 0 aliphatic heterocycles. The molecule has 1 N–H and O–H groups in total. The monoisotopic (exact) mass is 286 g/mol. The minimum absolute atomic E-state index is 0.474. The Morgan fingerprint density at radius 1 is 1.20 bits per heavy atom. The van der Waals surface area contributed by atoms with Gasteiger partial charge >= 0.3 is 0 Å². The Morgan fingerprint density at radius 2 is 1.95 bits per heavy atom. The van der Waals surface area contributed by atoms with Crippen LogP contribution in [0.1, 0.15) is 11.1 Å². The van der Waals surface area contributed by atoms with Crippen molar-refractivity contribution in [2.45, 2.75) is 6.42 Å². The van der Waals surface area contributed by atoms with Crippen molar-refractivity contribution >= 4 is 17.3 Å². The van der Waals surface area contributed by atoms with Gasteiger partial charge in [-0.05, 0) is 42.3 Å². The molecule has 0 radical (unpaired) electrons. The summed E-state index contributed by atoms with van der Waals surface area (Å²) in [5.74, 6) is 0.862. The highest BCUT2D eigenvalue weighted by atomic mass is 35.5. The zero-order chi connectivity index (χ0) is 14.4. The molecule has 2 rings (SSSR count). The molecule has 0 unspecified atom stereocenters. The Labute approximate surface area is 123 Å². The zero-order valence-corrected chi connectivity index (χ0v) is 11.9. The number of ether oxygens (including phenoxy) is 1. The molecule has 0 atom stereocenters. The topological polar surface area (TPSA) is 45.0 Å². The highest BCUT2D eigenvalue weighted by Crippen LogP contribution is 2.20. The molecule has 3 nitrogen and oxygen atoms in total. The average Bonchev–Trinajstić information content (AvgIpc) is 2.48. The van der Waals surface area contributed by atoms with E-state index in [4.69, 9.17) is 21.6 Å². The first-order valence-electron chi connectivity index (χ1n) is 6.29. The first kappa shape index (κ1) is 14.2. The third-order valence-corrected chi connectivity index (χ3v) is 3.30. The molecule has 2 aromatic carbocycles. The minimum Gasteiger partial charge on any atom is -0.497 e. The molecule has 0 saturated heterocycles. The fourth-order valence-corrected chi connectivity index (χ4v) is 2.08. The van der Waals surface area contributed by atoms with Crippen molar-refractivity contribution < 1.29 is 4.74 Å². The molecule has 20 heavy (non-hydrogen) atoms. The summed E-state index contributed by atoms with van der Waals surface area (Å²) >= 11 is 5.98. The molecule has 2 aromatic rings. The van der Waals surface area contributed by atoms with E-state index in [1.807, 2.05) is 36.4 Å². The normalized spacial score (nSPS) is 9.85. The van der Waals surface area contributed by atoms with E-state index in [0.29, 0.717) is 10.6 Å². The molecule has 0 fully saturated rings. The van der Waals surface area contributed by atoms with E-state index in [-0.39, 0.29) is 0 Å². The Kier molecular flexibility index (Phi) is 4.86. The van der Waals surface area contributed by atoms with E-state index in [0.717, 1.165) is 24.4 Å². The number of nitrogens with one attached hydrogen (secondary N) is 1. The Morgan fingerprint density at radius 3 is 2.55 bits per heavy atom. The molecule has 0 amide bonds. The molecule has 0 bridgehead atoms. The van der Waals surface area contributed by atoms with Crippen molar-refractivity contribution in [3.05, 3.63) is 58.6 Å². The number of anilines is 1. The Bertz CT molecular complexity index is 617. The number of hydrogen-bond acceptors (Lipinski definition) is 3. The first-order chi connectivity index (χ1) is 9.72. The van der Waals surface area contributed by atoms with Gasteiger partial charge < -0.3 is 10.1 Å². The Hall–Kier alpha value is -2.18. The lowest BCUT2D eigenvalue weighted by Crippen LogP contribution is -2.04. The maximum atomic E-state index is 8.81. The van der Waals surface area contributed by atoms with Crippen LogP contribution in [-0.4, -0.2) is 13.7 Å². The van der Waals surface area contributed by atoms with Gasteiger partial charge in [-0.3, -0.25) is 0 Å². The number of methoxy groups -OCH3 is 1. The van der Waals surface area contributed by atoms with Crippen molar-refractivity contribution in [2.24, 2.45) is 0 Å². The van der Waals surface area contributed by atoms with E-state index in [1.165, 1.54) is 5.56 Å². The molecule has 0 spiro atoms. The number of halogens is 1. The van der Waals surface area contributed by atoms with Gasteiger partial charge in [-0.25, -0.2) is 0 Å². The van der Waals surface area contributed by atoms with Crippen LogP contribution >= 0.6 is 11.6 Å². The second-order valence-corrected chi connectivity index (χ2v) is 4.74. The number of benzene rings is 2. The first-order valence-corrected chi connectivity index (χ1v) is 6.67. The Balaban J connectivity index is 1.89. The van der Waals surface area contributed by atoms with Gasteiger partial charge in [0.05, 0.1) is 17.7 Å². The van der Waals surface area contributed by atoms with Gasteiger partial charge in [0.2, 0.25) is 0 Å². The fourth-order valence-electron chi connectivity index (χ4n) is 1.86. The van der Waals surface area contributed by atoms with Crippen LogP contribution in [0.5, 0.6) is 5.75 Å².